The van der Waals surface area contributed by atoms with Crippen LogP contribution in [0.2, 0.25) is 0 Å². The Balaban J connectivity index is 1.91. The number of benzene rings is 1. The van der Waals surface area contributed by atoms with Crippen LogP contribution >= 0.6 is 11.3 Å². The zero-order valence-electron chi connectivity index (χ0n) is 11.3. The normalized spacial score (nSPS) is 11.0. The van der Waals surface area contributed by atoms with Gasteiger partial charge in [-0.1, -0.05) is 0 Å². The summed E-state index contributed by atoms with van der Waals surface area (Å²) >= 11 is 1.27. The predicted molar refractivity (Wildman–Crippen MR) is 77.6 cm³/mol. The molecule has 7 heteroatoms. The van der Waals surface area contributed by atoms with Crippen molar-refractivity contribution in [1.29, 1.82) is 0 Å². The number of carbonyl (C=O) groups excluding carboxylic acids is 1. The van der Waals surface area contributed by atoms with Crippen molar-refractivity contribution in [2.24, 2.45) is 7.05 Å². The van der Waals surface area contributed by atoms with E-state index in [4.69, 9.17) is 0 Å². The van der Waals surface area contributed by atoms with E-state index in [2.05, 4.69) is 10.4 Å². The largest absolute Gasteiger partial charge is 0.319 e. The van der Waals surface area contributed by atoms with Crippen molar-refractivity contribution in [1.82, 2.24) is 9.78 Å². The lowest BCUT2D eigenvalue weighted by Crippen LogP contribution is -2.11. The van der Waals surface area contributed by atoms with Gasteiger partial charge in [0.05, 0.1) is 16.3 Å². The highest BCUT2D eigenvalue weighted by molar-refractivity contribution is 7.20. The lowest BCUT2D eigenvalue weighted by atomic mass is 10.2. The van der Waals surface area contributed by atoms with Crippen LogP contribution in [-0.2, 0) is 7.05 Å². The fourth-order valence-electron chi connectivity index (χ4n) is 2.09. The fourth-order valence-corrected chi connectivity index (χ4v) is 3.11. The molecule has 0 aliphatic carbocycles. The number of fused-ring (bicyclic) bond motifs is 1. The number of aromatic nitrogens is 2. The Hall–Kier alpha value is -2.28. The van der Waals surface area contributed by atoms with Crippen LogP contribution in [0.1, 0.15) is 15.4 Å². The summed E-state index contributed by atoms with van der Waals surface area (Å²) in [6.45, 7) is 1.86. The number of anilines is 1. The van der Waals surface area contributed by atoms with Crippen LogP contribution in [0.4, 0.5) is 14.5 Å². The fraction of sp³-hybridized carbons (Fsp3) is 0.143. The van der Waals surface area contributed by atoms with Gasteiger partial charge in [-0.15, -0.1) is 11.3 Å². The molecule has 0 bridgehead atoms. The molecular weight excluding hydrogens is 296 g/mol. The first-order valence-corrected chi connectivity index (χ1v) is 6.97. The van der Waals surface area contributed by atoms with Crippen LogP contribution < -0.4 is 5.32 Å². The van der Waals surface area contributed by atoms with Crippen LogP contribution in [-0.4, -0.2) is 15.7 Å². The first kappa shape index (κ1) is 13.7. The number of halogens is 2. The highest BCUT2D eigenvalue weighted by Gasteiger charge is 2.16. The summed E-state index contributed by atoms with van der Waals surface area (Å²) in [5.74, 6) is -1.92. The molecule has 1 N–H and O–H groups in total. The third-order valence-corrected chi connectivity index (χ3v) is 4.30. The van der Waals surface area contributed by atoms with Gasteiger partial charge in [-0.3, -0.25) is 9.48 Å². The summed E-state index contributed by atoms with van der Waals surface area (Å²) in [5.41, 5.74) is 0.782. The van der Waals surface area contributed by atoms with Gasteiger partial charge in [-0.05, 0) is 25.1 Å². The summed E-state index contributed by atoms with van der Waals surface area (Å²) in [6, 6.07) is 4.74. The number of hydrogen-bond donors (Lipinski definition) is 1. The van der Waals surface area contributed by atoms with Gasteiger partial charge in [0.2, 0.25) is 0 Å². The first-order valence-electron chi connectivity index (χ1n) is 6.15. The molecule has 0 aliphatic heterocycles. The van der Waals surface area contributed by atoms with Crippen LogP contribution in [0.15, 0.2) is 24.3 Å². The summed E-state index contributed by atoms with van der Waals surface area (Å²) in [6.07, 6.45) is 0. The second kappa shape index (κ2) is 4.92. The van der Waals surface area contributed by atoms with Gasteiger partial charge in [0.25, 0.3) is 5.91 Å². The van der Waals surface area contributed by atoms with Crippen molar-refractivity contribution in [2.75, 3.05) is 5.32 Å². The summed E-state index contributed by atoms with van der Waals surface area (Å²) in [4.78, 5) is 13.5. The highest BCUT2D eigenvalue weighted by atomic mass is 32.1. The van der Waals surface area contributed by atoms with Gasteiger partial charge in [0, 0.05) is 18.5 Å². The topological polar surface area (TPSA) is 46.9 Å². The Kier molecular flexibility index (Phi) is 3.21. The number of hydrogen-bond acceptors (Lipinski definition) is 3. The van der Waals surface area contributed by atoms with Crippen molar-refractivity contribution in [3.63, 3.8) is 0 Å². The van der Waals surface area contributed by atoms with Crippen LogP contribution in [0.3, 0.4) is 0 Å². The van der Waals surface area contributed by atoms with Crippen LogP contribution in [0, 0.1) is 18.6 Å². The number of nitrogens with one attached hydrogen (secondary N) is 1. The van der Waals surface area contributed by atoms with Gasteiger partial charge in [0.1, 0.15) is 16.5 Å². The van der Waals surface area contributed by atoms with Crippen molar-refractivity contribution in [3.05, 3.63) is 46.5 Å². The van der Waals surface area contributed by atoms with E-state index in [0.29, 0.717) is 4.88 Å². The van der Waals surface area contributed by atoms with Crippen LogP contribution in [0.5, 0.6) is 0 Å². The Morgan fingerprint density at radius 2 is 2.10 bits per heavy atom. The predicted octanol–water partition coefficient (Wildman–Crippen LogP) is 3.47. The Morgan fingerprint density at radius 3 is 2.76 bits per heavy atom. The molecular formula is C14H11F2N3OS. The molecule has 0 saturated heterocycles. The number of nitrogens with zero attached hydrogens (tertiary/aromatic N) is 2. The second-order valence-corrected chi connectivity index (χ2v) is 5.65. The van der Waals surface area contributed by atoms with Crippen molar-refractivity contribution in [2.45, 2.75) is 6.92 Å². The van der Waals surface area contributed by atoms with E-state index in [9.17, 15) is 13.6 Å². The van der Waals surface area contributed by atoms with E-state index in [1.807, 2.05) is 6.92 Å². The molecule has 0 atom stereocenters. The molecule has 0 radical (unpaired) electrons. The van der Waals surface area contributed by atoms with Crippen molar-refractivity contribution < 1.29 is 13.6 Å². The smallest absolute Gasteiger partial charge is 0.265 e. The highest BCUT2D eigenvalue weighted by Crippen LogP contribution is 2.28. The number of amides is 1. The second-order valence-electron chi connectivity index (χ2n) is 4.62. The average molecular weight is 307 g/mol. The van der Waals surface area contributed by atoms with E-state index >= 15 is 0 Å². The minimum Gasteiger partial charge on any atom is -0.319 e. The third-order valence-electron chi connectivity index (χ3n) is 3.10. The quantitative estimate of drug-likeness (QED) is 0.788. The van der Waals surface area contributed by atoms with Gasteiger partial charge in [-0.2, -0.15) is 5.10 Å². The molecule has 1 aromatic carbocycles. The average Bonchev–Trinajstić information content (AvgIpc) is 2.96. The first-order chi connectivity index (χ1) is 9.95. The minimum atomic E-state index is -0.803. The molecule has 0 saturated carbocycles. The van der Waals surface area contributed by atoms with Crippen LogP contribution in [0.25, 0.3) is 10.2 Å². The molecule has 2 heterocycles. The van der Waals surface area contributed by atoms with E-state index in [1.54, 1.807) is 17.8 Å². The Morgan fingerprint density at radius 1 is 1.33 bits per heavy atom. The van der Waals surface area contributed by atoms with E-state index in [1.165, 1.54) is 17.4 Å². The Labute approximate surface area is 123 Å². The SMILES string of the molecule is Cc1nn(C)c2sc(C(=O)Nc3ccc(F)cc3F)cc12. The number of carbonyl (C=O) groups is 1. The molecule has 0 fully saturated rings. The number of rotatable bonds is 2. The maximum absolute atomic E-state index is 13.5. The molecule has 0 spiro atoms. The standard InChI is InChI=1S/C14H11F2N3OS/c1-7-9-6-12(21-14(9)19(2)18-7)13(20)17-11-4-3-8(15)5-10(11)16/h3-6H,1-2H3,(H,17,20). The third kappa shape index (κ3) is 2.40. The minimum absolute atomic E-state index is 0.0475. The number of thiophene rings is 1. The molecule has 0 unspecified atom stereocenters. The monoisotopic (exact) mass is 307 g/mol. The zero-order chi connectivity index (χ0) is 15.1. The van der Waals surface area contributed by atoms with Crippen molar-refractivity contribution >= 4 is 33.1 Å². The van der Waals surface area contributed by atoms with E-state index < -0.39 is 17.5 Å². The molecule has 0 aliphatic rings. The summed E-state index contributed by atoms with van der Waals surface area (Å²) in [7, 11) is 1.80. The zero-order valence-corrected chi connectivity index (χ0v) is 12.1. The Bertz CT molecular complexity index is 819. The maximum Gasteiger partial charge on any atom is 0.265 e. The molecule has 3 aromatic rings. The maximum atomic E-state index is 13.5. The van der Waals surface area contributed by atoms with Crippen molar-refractivity contribution in [3.8, 4) is 0 Å². The van der Waals surface area contributed by atoms with Gasteiger partial charge >= 0.3 is 0 Å². The lowest BCUT2D eigenvalue weighted by Gasteiger charge is -2.04. The van der Waals surface area contributed by atoms with Gasteiger partial charge in [0.15, 0.2) is 0 Å². The molecule has 2 aromatic heterocycles. The molecule has 21 heavy (non-hydrogen) atoms. The summed E-state index contributed by atoms with van der Waals surface area (Å²) in [5, 5.41) is 7.59. The van der Waals surface area contributed by atoms with Gasteiger partial charge in [-0.25, -0.2) is 8.78 Å². The number of aryl methyl sites for hydroxylation is 2. The molecule has 3 rings (SSSR count). The van der Waals surface area contributed by atoms with E-state index in [-0.39, 0.29) is 5.69 Å². The van der Waals surface area contributed by atoms with E-state index in [0.717, 1.165) is 28.0 Å². The lowest BCUT2D eigenvalue weighted by molar-refractivity contribution is 0.103. The molecule has 4 nitrogen and oxygen atoms in total. The molecule has 1 amide bonds. The van der Waals surface area contributed by atoms with Gasteiger partial charge < -0.3 is 5.32 Å². The summed E-state index contributed by atoms with van der Waals surface area (Å²) < 4.78 is 28.1. The molecule has 108 valence electrons.